The Labute approximate surface area is 117 Å². The van der Waals surface area contributed by atoms with Gasteiger partial charge in [0.05, 0.1) is 13.0 Å². The second-order valence-corrected chi connectivity index (χ2v) is 4.31. The normalized spacial score (nSPS) is 11.5. The summed E-state index contributed by atoms with van der Waals surface area (Å²) < 4.78 is 4.67. The Morgan fingerprint density at radius 1 is 1.32 bits per heavy atom. The first-order valence-corrected chi connectivity index (χ1v) is 6.40. The molecule has 0 aliphatic heterocycles. The Hall–Kier alpha value is -1.75. The molecule has 5 nitrogen and oxygen atoms in total. The second kappa shape index (κ2) is 7.63. The van der Waals surface area contributed by atoms with Crippen LogP contribution in [0.25, 0.3) is 0 Å². The maximum Gasteiger partial charge on any atom is 0.319 e. The average Bonchev–Trinajstić information content (AvgIpc) is 2.44. The van der Waals surface area contributed by atoms with Gasteiger partial charge >= 0.3 is 12.0 Å². The first kappa shape index (κ1) is 15.3. The van der Waals surface area contributed by atoms with Crippen LogP contribution in [-0.2, 0) is 9.53 Å². The van der Waals surface area contributed by atoms with Crippen molar-refractivity contribution >= 4 is 29.3 Å². The van der Waals surface area contributed by atoms with E-state index in [4.69, 9.17) is 11.6 Å². The van der Waals surface area contributed by atoms with E-state index in [0.717, 1.165) is 5.56 Å². The SMILES string of the molecule is COC(=O)[C@@H](C)c1ccc(NC(=O)NCCCl)cc1. The first-order valence-electron chi connectivity index (χ1n) is 5.87. The molecule has 1 rings (SSSR count). The molecule has 2 amide bonds. The zero-order valence-electron chi connectivity index (χ0n) is 10.9. The van der Waals surface area contributed by atoms with E-state index in [2.05, 4.69) is 15.4 Å². The molecule has 0 aliphatic carbocycles. The Morgan fingerprint density at radius 2 is 1.95 bits per heavy atom. The molecule has 0 heterocycles. The number of hydrogen-bond acceptors (Lipinski definition) is 3. The largest absolute Gasteiger partial charge is 0.469 e. The van der Waals surface area contributed by atoms with E-state index in [1.54, 1.807) is 31.2 Å². The predicted molar refractivity (Wildman–Crippen MR) is 74.6 cm³/mol. The number of nitrogens with one attached hydrogen (secondary N) is 2. The van der Waals surface area contributed by atoms with Crippen molar-refractivity contribution in [2.75, 3.05) is 24.9 Å². The highest BCUT2D eigenvalue weighted by Crippen LogP contribution is 2.19. The van der Waals surface area contributed by atoms with Crippen molar-refractivity contribution < 1.29 is 14.3 Å². The fraction of sp³-hybridized carbons (Fsp3) is 0.385. The molecule has 104 valence electrons. The van der Waals surface area contributed by atoms with Gasteiger partial charge in [-0.2, -0.15) is 0 Å². The van der Waals surface area contributed by atoms with Crippen LogP contribution < -0.4 is 10.6 Å². The van der Waals surface area contributed by atoms with Crippen molar-refractivity contribution in [2.24, 2.45) is 0 Å². The Kier molecular flexibility index (Phi) is 6.15. The van der Waals surface area contributed by atoms with Crippen molar-refractivity contribution in [3.8, 4) is 0 Å². The van der Waals surface area contributed by atoms with Crippen LogP contribution in [0.4, 0.5) is 10.5 Å². The zero-order chi connectivity index (χ0) is 14.3. The minimum absolute atomic E-state index is 0.291. The fourth-order valence-electron chi connectivity index (χ4n) is 1.50. The van der Waals surface area contributed by atoms with Crippen molar-refractivity contribution in [1.82, 2.24) is 5.32 Å². The van der Waals surface area contributed by atoms with Crippen LogP contribution in [0.5, 0.6) is 0 Å². The Balaban J connectivity index is 2.61. The lowest BCUT2D eigenvalue weighted by molar-refractivity contribution is -0.141. The summed E-state index contributed by atoms with van der Waals surface area (Å²) in [5.74, 6) is -0.257. The molecule has 0 saturated carbocycles. The van der Waals surface area contributed by atoms with Gasteiger partial charge in [0, 0.05) is 18.1 Å². The van der Waals surface area contributed by atoms with Crippen LogP contribution >= 0.6 is 11.6 Å². The van der Waals surface area contributed by atoms with Crippen molar-refractivity contribution in [1.29, 1.82) is 0 Å². The summed E-state index contributed by atoms with van der Waals surface area (Å²) in [4.78, 5) is 22.8. The van der Waals surface area contributed by atoms with E-state index < -0.39 is 0 Å². The van der Waals surface area contributed by atoms with Gasteiger partial charge in [-0.3, -0.25) is 4.79 Å². The number of amides is 2. The molecule has 0 radical (unpaired) electrons. The van der Waals surface area contributed by atoms with Gasteiger partial charge in [-0.05, 0) is 24.6 Å². The monoisotopic (exact) mass is 284 g/mol. The maximum absolute atomic E-state index is 11.4. The molecule has 0 aliphatic rings. The number of rotatable bonds is 5. The van der Waals surface area contributed by atoms with Gasteiger partial charge in [0.15, 0.2) is 0 Å². The maximum atomic E-state index is 11.4. The number of ether oxygens (including phenoxy) is 1. The summed E-state index contributed by atoms with van der Waals surface area (Å²) in [7, 11) is 1.36. The number of urea groups is 1. The minimum Gasteiger partial charge on any atom is -0.469 e. The molecular weight excluding hydrogens is 268 g/mol. The van der Waals surface area contributed by atoms with Gasteiger partial charge in [0.1, 0.15) is 0 Å². The van der Waals surface area contributed by atoms with Crippen LogP contribution in [-0.4, -0.2) is 31.5 Å². The number of halogens is 1. The lowest BCUT2D eigenvalue weighted by Gasteiger charge is -2.11. The van der Waals surface area contributed by atoms with Gasteiger partial charge < -0.3 is 15.4 Å². The van der Waals surface area contributed by atoms with Crippen LogP contribution in [0.3, 0.4) is 0 Å². The molecule has 1 aromatic rings. The molecule has 2 N–H and O–H groups in total. The highest BCUT2D eigenvalue weighted by molar-refractivity contribution is 6.18. The first-order chi connectivity index (χ1) is 9.08. The summed E-state index contributed by atoms with van der Waals surface area (Å²) in [6.07, 6.45) is 0. The summed E-state index contributed by atoms with van der Waals surface area (Å²) in [6.45, 7) is 2.17. The zero-order valence-corrected chi connectivity index (χ0v) is 11.7. The van der Waals surface area contributed by atoms with E-state index in [-0.39, 0.29) is 17.9 Å². The van der Waals surface area contributed by atoms with E-state index in [1.165, 1.54) is 7.11 Å². The van der Waals surface area contributed by atoms with Crippen LogP contribution in [0.15, 0.2) is 24.3 Å². The lowest BCUT2D eigenvalue weighted by atomic mass is 10.0. The molecule has 0 spiro atoms. The van der Waals surface area contributed by atoms with Crippen molar-refractivity contribution in [2.45, 2.75) is 12.8 Å². The Morgan fingerprint density at radius 3 is 2.47 bits per heavy atom. The van der Waals surface area contributed by atoms with E-state index >= 15 is 0 Å². The standard InChI is InChI=1S/C13H17ClN2O3/c1-9(12(17)19-2)10-3-5-11(6-4-10)16-13(18)15-8-7-14/h3-6,9H,7-8H2,1-2H3,(H2,15,16,18)/t9-/m0/s1. The number of hydrogen-bond donors (Lipinski definition) is 2. The smallest absolute Gasteiger partial charge is 0.319 e. The van der Waals surface area contributed by atoms with E-state index in [0.29, 0.717) is 18.1 Å². The number of carbonyl (C=O) groups is 2. The van der Waals surface area contributed by atoms with E-state index in [1.807, 2.05) is 0 Å². The van der Waals surface area contributed by atoms with Gasteiger partial charge in [-0.25, -0.2) is 4.79 Å². The predicted octanol–water partition coefficient (Wildman–Crippen LogP) is 2.32. The summed E-state index contributed by atoms with van der Waals surface area (Å²) >= 11 is 5.46. The lowest BCUT2D eigenvalue weighted by Crippen LogP contribution is -2.30. The third-order valence-corrected chi connectivity index (χ3v) is 2.79. The molecule has 19 heavy (non-hydrogen) atoms. The molecule has 0 bridgehead atoms. The Bertz CT molecular complexity index is 434. The minimum atomic E-state index is -0.330. The third-order valence-electron chi connectivity index (χ3n) is 2.60. The van der Waals surface area contributed by atoms with Gasteiger partial charge in [0.25, 0.3) is 0 Å². The van der Waals surface area contributed by atoms with Gasteiger partial charge in [0.2, 0.25) is 0 Å². The molecule has 1 aromatic carbocycles. The highest BCUT2D eigenvalue weighted by Gasteiger charge is 2.15. The number of methoxy groups -OCH3 is 1. The fourth-order valence-corrected chi connectivity index (χ4v) is 1.60. The highest BCUT2D eigenvalue weighted by atomic mass is 35.5. The molecule has 0 aromatic heterocycles. The van der Waals surface area contributed by atoms with Crippen LogP contribution in [0.1, 0.15) is 18.4 Å². The van der Waals surface area contributed by atoms with Crippen molar-refractivity contribution in [3.05, 3.63) is 29.8 Å². The molecule has 1 atom stereocenters. The number of esters is 1. The summed E-state index contributed by atoms with van der Waals surface area (Å²) in [6, 6.07) is 6.70. The number of alkyl halides is 1. The van der Waals surface area contributed by atoms with Crippen LogP contribution in [0, 0.1) is 0 Å². The van der Waals surface area contributed by atoms with Crippen molar-refractivity contribution in [3.63, 3.8) is 0 Å². The van der Waals surface area contributed by atoms with E-state index in [9.17, 15) is 9.59 Å². The number of anilines is 1. The summed E-state index contributed by atoms with van der Waals surface area (Å²) in [5, 5.41) is 5.25. The topological polar surface area (TPSA) is 67.4 Å². The molecule has 6 heteroatoms. The average molecular weight is 285 g/mol. The molecule has 0 unspecified atom stereocenters. The number of carbonyl (C=O) groups excluding carboxylic acids is 2. The molecule has 0 saturated heterocycles. The quantitative estimate of drug-likeness (QED) is 0.644. The van der Waals surface area contributed by atoms with Gasteiger partial charge in [-0.15, -0.1) is 11.6 Å². The number of benzene rings is 1. The molecular formula is C13H17ClN2O3. The molecule has 0 fully saturated rings. The second-order valence-electron chi connectivity index (χ2n) is 3.94. The van der Waals surface area contributed by atoms with Crippen LogP contribution in [0.2, 0.25) is 0 Å². The van der Waals surface area contributed by atoms with Gasteiger partial charge in [-0.1, -0.05) is 12.1 Å². The summed E-state index contributed by atoms with van der Waals surface area (Å²) in [5.41, 5.74) is 1.48. The third kappa shape index (κ3) is 4.79.